The Kier molecular flexibility index (Phi) is 23.9. The molecule has 2 bridgehead atoms. The predicted octanol–water partition coefficient (Wildman–Crippen LogP) is 5.72. The number of amides is 1. The van der Waals surface area contributed by atoms with E-state index in [1.807, 2.05) is 51.2 Å². The van der Waals surface area contributed by atoms with Gasteiger partial charge in [0.2, 0.25) is 5.79 Å². The summed E-state index contributed by atoms with van der Waals surface area (Å²) in [4.78, 5) is 85.4. The maximum absolute atomic E-state index is 14.5. The van der Waals surface area contributed by atoms with Gasteiger partial charge in [0.25, 0.3) is 11.7 Å². The molecule has 3 fully saturated rings. The third kappa shape index (κ3) is 16.0. The first-order valence-corrected chi connectivity index (χ1v) is 26.4. The van der Waals surface area contributed by atoms with Crippen molar-refractivity contribution < 1.29 is 77.6 Å². The lowest BCUT2D eigenvalue weighted by Gasteiger charge is -2.42. The van der Waals surface area contributed by atoms with Crippen molar-refractivity contribution in [1.29, 1.82) is 0 Å². The summed E-state index contributed by atoms with van der Waals surface area (Å²) in [5, 5.41) is 43.1. The number of cyclic esters (lactones) is 1. The molecule has 73 heavy (non-hydrogen) atoms. The molecule has 4 rings (SSSR count). The minimum Gasteiger partial charge on any atom is -0.460 e. The molecule has 1 saturated carbocycles. The molecule has 3 aliphatic heterocycles. The number of ketones is 3. The number of carbonyl (C=O) groups is 6. The maximum atomic E-state index is 14.5. The van der Waals surface area contributed by atoms with Crippen LogP contribution in [0.5, 0.6) is 0 Å². The van der Waals surface area contributed by atoms with Gasteiger partial charge in [0.05, 0.1) is 31.5 Å². The molecule has 1 aliphatic carbocycles. The smallest absolute Gasteiger partial charge is 0.329 e. The van der Waals surface area contributed by atoms with Crippen LogP contribution in [0.1, 0.15) is 132 Å². The number of fused-ring (bicyclic) bond motifs is 3. The molecule has 0 aromatic carbocycles. The highest BCUT2D eigenvalue weighted by molar-refractivity contribution is 6.39. The van der Waals surface area contributed by atoms with E-state index in [-0.39, 0.29) is 42.8 Å². The number of aliphatic hydroxyl groups excluding tert-OH is 3. The first-order valence-electron chi connectivity index (χ1n) is 26.4. The molecule has 15 atom stereocenters. The number of Topliss-reactive ketones (excluding diaryl/α,β-unsaturated/α-hetero) is 3. The van der Waals surface area contributed by atoms with E-state index in [1.54, 1.807) is 40.9 Å². The van der Waals surface area contributed by atoms with Crippen molar-refractivity contribution in [2.24, 2.45) is 40.9 Å². The van der Waals surface area contributed by atoms with Crippen LogP contribution in [0.2, 0.25) is 0 Å². The molecule has 4 N–H and O–H groups in total. The second-order valence-electron chi connectivity index (χ2n) is 21.8. The molecular formula is C56H87NO16. The number of methoxy groups -OCH3 is 3. The number of esters is 2. The Bertz CT molecular complexity index is 2010. The molecule has 0 aromatic rings. The molecule has 17 nitrogen and oxygen atoms in total. The van der Waals surface area contributed by atoms with Crippen molar-refractivity contribution in [2.45, 2.75) is 187 Å². The molecule has 0 radical (unpaired) electrons. The van der Waals surface area contributed by atoms with Crippen LogP contribution in [0.3, 0.4) is 0 Å². The number of rotatable bonds is 10. The summed E-state index contributed by atoms with van der Waals surface area (Å²) in [6.07, 6.45) is 9.76. The number of nitrogens with zero attached hydrogens (tertiary/aromatic N) is 1. The lowest BCUT2D eigenvalue weighted by molar-refractivity contribution is -0.265. The molecule has 0 aromatic heterocycles. The van der Waals surface area contributed by atoms with Gasteiger partial charge < -0.3 is 53.7 Å². The molecule has 2 saturated heterocycles. The number of hydrogen-bond donors (Lipinski definition) is 4. The van der Waals surface area contributed by atoms with Crippen molar-refractivity contribution in [3.05, 3.63) is 47.6 Å². The lowest BCUT2D eigenvalue weighted by Crippen LogP contribution is -2.61. The zero-order chi connectivity index (χ0) is 54.4. The monoisotopic (exact) mass is 1030 g/mol. The van der Waals surface area contributed by atoms with Crippen molar-refractivity contribution >= 4 is 35.2 Å². The molecular weight excluding hydrogens is 943 g/mol. The molecule has 1 amide bonds. The highest BCUT2D eigenvalue weighted by Crippen LogP contribution is 2.38. The fourth-order valence-electron chi connectivity index (χ4n) is 10.7. The first kappa shape index (κ1) is 61.6. The lowest BCUT2D eigenvalue weighted by atomic mass is 9.78. The van der Waals surface area contributed by atoms with Crippen molar-refractivity contribution in [3.8, 4) is 0 Å². The van der Waals surface area contributed by atoms with Gasteiger partial charge in [-0.1, -0.05) is 71.1 Å². The number of piperidine rings is 1. The van der Waals surface area contributed by atoms with Crippen LogP contribution in [-0.2, 0) is 57.2 Å². The predicted molar refractivity (Wildman–Crippen MR) is 271 cm³/mol. The molecule has 17 heteroatoms. The third-order valence-electron chi connectivity index (χ3n) is 15.9. The quantitative estimate of drug-likeness (QED) is 0.116. The van der Waals surface area contributed by atoms with Crippen LogP contribution >= 0.6 is 0 Å². The van der Waals surface area contributed by atoms with Crippen LogP contribution in [0.25, 0.3) is 0 Å². The van der Waals surface area contributed by atoms with E-state index in [4.69, 9.17) is 28.4 Å². The fourth-order valence-corrected chi connectivity index (χ4v) is 10.7. The fraction of sp³-hybridized carbons (Fsp3) is 0.750. The third-order valence-corrected chi connectivity index (χ3v) is 15.9. The highest BCUT2D eigenvalue weighted by Gasteiger charge is 2.53. The van der Waals surface area contributed by atoms with Gasteiger partial charge in [-0.15, -0.1) is 0 Å². The Morgan fingerprint density at radius 1 is 0.863 bits per heavy atom. The van der Waals surface area contributed by atoms with Gasteiger partial charge in [0.15, 0.2) is 5.78 Å². The molecule has 3 heterocycles. The van der Waals surface area contributed by atoms with E-state index in [1.165, 1.54) is 21.1 Å². The number of hydrogen-bond acceptors (Lipinski definition) is 16. The standard InChI is InChI=1S/C56H87NO16/c1-33-17-13-12-14-18-34(2)45(68-9)29-41-22-20-39(7)56(67,73-41)51(63)52(64)57-24-16-15-19-42(57)53(65)71-46(30-43(60)35(3)26-38(6)49(62)50(70-11)48(61)37(5)25-33)36(4)27-40-21-23-44(47(28-40)69-10)72-54(66)55(8,31-58)32-59/h12-14,17-18,26,33,35-37,39-42,44-47,49-50,58-59,62,67H,15-16,19-25,27-32H2,1-11H3/b14-12+,17-13+,34-18?,38-26-/t33-,35-,36-,37-,39-,40+,41+,42+,44-,45+,46+,47-,49-,50+,56-/m1/s1. The van der Waals surface area contributed by atoms with Gasteiger partial charge >= 0.3 is 11.9 Å². The summed E-state index contributed by atoms with van der Waals surface area (Å²) in [5.74, 6) is -9.36. The molecule has 4 aliphatic rings. The molecule has 0 unspecified atom stereocenters. The van der Waals surface area contributed by atoms with Gasteiger partial charge in [-0.05, 0) is 114 Å². The van der Waals surface area contributed by atoms with E-state index in [2.05, 4.69) is 0 Å². The van der Waals surface area contributed by atoms with Crippen LogP contribution in [0, 0.1) is 40.9 Å². The number of aliphatic hydroxyl groups is 4. The van der Waals surface area contributed by atoms with E-state index >= 15 is 0 Å². The summed E-state index contributed by atoms with van der Waals surface area (Å²) in [5.41, 5.74) is -0.277. The minimum absolute atomic E-state index is 0.00697. The Balaban J connectivity index is 1.69. The Labute approximate surface area is 433 Å². The van der Waals surface area contributed by atoms with E-state index in [0.29, 0.717) is 69.8 Å². The summed E-state index contributed by atoms with van der Waals surface area (Å²) in [7, 11) is 4.43. The normalized spacial score (nSPS) is 36.7. The Morgan fingerprint density at radius 3 is 2.21 bits per heavy atom. The maximum Gasteiger partial charge on any atom is 0.329 e. The van der Waals surface area contributed by atoms with E-state index in [0.717, 1.165) is 10.5 Å². The summed E-state index contributed by atoms with van der Waals surface area (Å²) < 4.78 is 35.4. The molecule has 412 valence electrons. The van der Waals surface area contributed by atoms with Gasteiger partial charge in [-0.25, -0.2) is 4.79 Å². The van der Waals surface area contributed by atoms with Gasteiger partial charge in [0, 0.05) is 58.5 Å². The summed E-state index contributed by atoms with van der Waals surface area (Å²) in [6.45, 7) is 12.7. The largest absolute Gasteiger partial charge is 0.460 e. The van der Waals surface area contributed by atoms with Gasteiger partial charge in [-0.2, -0.15) is 0 Å². The van der Waals surface area contributed by atoms with E-state index < -0.39 is 120 Å². The van der Waals surface area contributed by atoms with Crippen molar-refractivity contribution in [2.75, 3.05) is 41.1 Å². The van der Waals surface area contributed by atoms with Gasteiger partial charge in [-0.3, -0.25) is 24.0 Å². The van der Waals surface area contributed by atoms with Crippen molar-refractivity contribution in [3.63, 3.8) is 0 Å². The number of carbonyl (C=O) groups excluding carboxylic acids is 6. The zero-order valence-corrected chi connectivity index (χ0v) is 45.3. The molecule has 0 spiro atoms. The zero-order valence-electron chi connectivity index (χ0n) is 45.3. The Hall–Kier alpha value is -3.94. The van der Waals surface area contributed by atoms with Crippen LogP contribution < -0.4 is 0 Å². The van der Waals surface area contributed by atoms with Crippen LogP contribution in [0.15, 0.2) is 47.6 Å². The van der Waals surface area contributed by atoms with Crippen LogP contribution in [-0.4, -0.2) is 156 Å². The second kappa shape index (κ2) is 28.3. The number of ether oxygens (including phenoxy) is 6. The Morgan fingerprint density at radius 2 is 1.56 bits per heavy atom. The average molecular weight is 1030 g/mol. The van der Waals surface area contributed by atoms with E-state index in [9.17, 15) is 49.2 Å². The first-order chi connectivity index (χ1) is 34.5. The number of allylic oxidation sites excluding steroid dienone is 6. The topological polar surface area (TPSA) is 242 Å². The van der Waals surface area contributed by atoms with Crippen LogP contribution in [0.4, 0.5) is 0 Å². The minimum atomic E-state index is -2.47. The summed E-state index contributed by atoms with van der Waals surface area (Å²) in [6, 6.07) is -1.20. The summed E-state index contributed by atoms with van der Waals surface area (Å²) >= 11 is 0. The highest BCUT2D eigenvalue weighted by atomic mass is 16.6. The second-order valence-corrected chi connectivity index (χ2v) is 21.8. The SMILES string of the molecule is CO[C@H]1C[C@@H]2CC[C@@H](C)[C@@](O)(O2)C(=O)C(=O)N2CCCC[C@H]2C(=O)O[C@H]([C@H](C)C[C@@H]2CC[C@@H](OC(=O)C(C)(CO)CO)[C@H](OC)C2)CC(=O)[C@H](C)/C=C(/C)[C@@H](O)[C@@H](OC)C(=O)[C@H](C)C[C@H](C)/C=C/C=C/C=C1C. The van der Waals surface area contributed by atoms with Gasteiger partial charge in [0.1, 0.15) is 41.7 Å². The van der Waals surface area contributed by atoms with Crippen molar-refractivity contribution in [1.82, 2.24) is 4.90 Å². The average Bonchev–Trinajstić information content (AvgIpc) is 3.37.